The lowest BCUT2D eigenvalue weighted by molar-refractivity contribution is -0.140. The zero-order valence-electron chi connectivity index (χ0n) is 64.4. The highest BCUT2D eigenvalue weighted by atomic mass is 32.2. The number of rotatable bonds is 35. The molecule has 2 heterocycles. The Morgan fingerprint density at radius 1 is 0.527 bits per heavy atom. The molecule has 41 heteroatoms. The van der Waals surface area contributed by atoms with E-state index in [4.69, 9.17) is 135 Å². The van der Waals surface area contributed by atoms with E-state index in [1.807, 2.05) is 78.1 Å². The average Bonchev–Trinajstić information content (AvgIpc) is 1.25. The van der Waals surface area contributed by atoms with Crippen molar-refractivity contribution >= 4 is 83.4 Å². The van der Waals surface area contributed by atoms with Crippen LogP contribution < -0.4 is 79.4 Å². The van der Waals surface area contributed by atoms with Gasteiger partial charge in [0.25, 0.3) is 0 Å². The Bertz CT molecular complexity index is 2930. The van der Waals surface area contributed by atoms with Crippen LogP contribution in [0.4, 0.5) is 0 Å². The van der Waals surface area contributed by atoms with Crippen LogP contribution in [0.25, 0.3) is 0 Å². The van der Waals surface area contributed by atoms with Gasteiger partial charge in [0.15, 0.2) is 5.96 Å². The Morgan fingerprint density at radius 3 is 1.19 bits per heavy atom. The summed E-state index contributed by atoms with van der Waals surface area (Å²) in [4.78, 5) is 119. The van der Waals surface area contributed by atoms with Crippen LogP contribution in [0, 0.1) is 29.1 Å². The highest BCUT2D eigenvalue weighted by molar-refractivity contribution is 7.98. The molecule has 0 spiro atoms. The van der Waals surface area contributed by atoms with Crippen LogP contribution >= 0.6 is 11.8 Å². The van der Waals surface area contributed by atoms with Crippen LogP contribution in [0.15, 0.2) is 67.1 Å². The number of nitrogens with zero attached hydrogens (tertiary/aromatic N) is 1. The minimum atomic E-state index is -1.02. The number of aromatic nitrogens is 2. The summed E-state index contributed by atoms with van der Waals surface area (Å²) >= 11 is 1.60. The summed E-state index contributed by atoms with van der Waals surface area (Å²) < 4.78 is 0. The number of thioether (sulfide) groups is 1. The summed E-state index contributed by atoms with van der Waals surface area (Å²) in [5.74, 6) is -8.84. The predicted octanol–water partition coefficient (Wildman–Crippen LogP) is -0.0975. The van der Waals surface area contributed by atoms with Crippen molar-refractivity contribution in [2.75, 3.05) is 31.6 Å². The molecular formula is C69H129N17O23S. The maximum Gasteiger partial charge on any atom is 0.320 e. The molecule has 1 fully saturated rings. The van der Waals surface area contributed by atoms with Crippen molar-refractivity contribution in [3.63, 3.8) is 0 Å². The lowest BCUT2D eigenvalue weighted by atomic mass is 10.0. The molecule has 1 aromatic heterocycles. The summed E-state index contributed by atoms with van der Waals surface area (Å²) in [6.45, 7) is 16.9. The smallest absolute Gasteiger partial charge is 0.320 e. The second-order valence-electron chi connectivity index (χ2n) is 25.2. The average molecular weight is 1600 g/mol. The topological polar surface area (TPSA) is 819 Å². The first-order chi connectivity index (χ1) is 51.0. The number of guanidine groups is 1. The number of nitrogens with one attached hydrogen (secondary N) is 4. The number of aromatic hydroxyl groups is 1. The van der Waals surface area contributed by atoms with Gasteiger partial charge in [-0.1, -0.05) is 117 Å². The third-order valence-corrected chi connectivity index (χ3v) is 15.3. The number of phenols is 1. The molecule has 0 amide bonds. The standard InChI is InChI=1S/C9H11NO3.C9H11NO2.C6H14N4O2.C6H9N3O2.C6H14N2O2.3C6H13NO2.C5H11NO2S.C5H9NO2.C5H11NO2/c10-8(9(12)13)5-6-1-3-7(11)4-2-6;10-8(9(11)12)6-7-4-2-1-3-5-7;7-4(5(11)12)2-1-3-10-6(8)9;7-5(6(10)11)1-4-2-8-3-9-4;7-4-2-1-3-5(8)6(9)10;1-4(2)3-5(7)6(8)9;2*1-3-4(2)5(7)6(8)9;1-9-3-2-4(6)5(7)8;7-5(8)4-2-1-3-6-4;1-3(2)4(6)5(7)8/h1-4,8,11H,5,10H2,(H,12,13);1-5,8H,6,10H2,(H,11,12);4H,1-3,7H2,(H,11,12)(H4,8,9,10);2-3,5H,1,7H2,(H,8,9)(H,10,11);5H,1-4,7-8H2,(H,9,10);3*4-5H,3,7H2,1-2H3,(H,8,9);4H,2-3,6H2,1H3,(H,7,8);4,6H,1-3H2,(H,7,8);3-4H,6H2,1-2H3,(H,7,8)/t2*8-;4-;3*5-;2*4-,5-;3*4-/m00000000000/s1. The Balaban J connectivity index is -0.000000213. The third kappa shape index (κ3) is 71.7. The fraction of sp³-hybridized carbons (Fsp3) is 0.609. The molecule has 40 N–H and O–H groups in total. The van der Waals surface area contributed by atoms with E-state index < -0.39 is 126 Å². The number of carboxylic acid groups (broad SMARTS) is 11. The summed E-state index contributed by atoms with van der Waals surface area (Å²) in [7, 11) is 0. The predicted molar refractivity (Wildman–Crippen MR) is 417 cm³/mol. The number of aliphatic carboxylic acids is 11. The molecule has 40 nitrogen and oxygen atoms in total. The molecule has 1 aliphatic heterocycles. The number of carbonyl (C=O) groups is 11. The van der Waals surface area contributed by atoms with Gasteiger partial charge in [-0.3, -0.25) is 58.1 Å². The van der Waals surface area contributed by atoms with E-state index >= 15 is 0 Å². The largest absolute Gasteiger partial charge is 0.508 e. The fourth-order valence-electron chi connectivity index (χ4n) is 7.10. The summed E-state index contributed by atoms with van der Waals surface area (Å²) in [6.07, 6.45) is 13.6. The molecule has 0 aliphatic carbocycles. The van der Waals surface area contributed by atoms with Gasteiger partial charge in [-0.2, -0.15) is 11.8 Å². The lowest BCUT2D eigenvalue weighted by Crippen LogP contribution is -2.36. The Kier molecular flexibility index (Phi) is 72.8. The molecule has 13 atom stereocenters. The number of unbranched alkanes of at least 4 members (excludes halogenated alkanes) is 1. The highest BCUT2D eigenvalue weighted by Crippen LogP contribution is 2.12. The van der Waals surface area contributed by atoms with Crippen molar-refractivity contribution in [2.45, 2.75) is 212 Å². The van der Waals surface area contributed by atoms with E-state index in [-0.39, 0.29) is 48.3 Å². The van der Waals surface area contributed by atoms with Crippen molar-refractivity contribution in [3.8, 4) is 5.75 Å². The minimum absolute atomic E-state index is 0.0208. The number of phenolic OH excluding ortho intramolecular Hbond substituents is 1. The van der Waals surface area contributed by atoms with Crippen LogP contribution in [0.1, 0.15) is 143 Å². The first-order valence-corrected chi connectivity index (χ1v) is 36.2. The number of imidazole rings is 1. The molecule has 634 valence electrons. The van der Waals surface area contributed by atoms with Crippen LogP contribution in [0.5, 0.6) is 5.75 Å². The Labute approximate surface area is 646 Å². The number of hydrogen-bond acceptors (Lipinski definition) is 27. The van der Waals surface area contributed by atoms with E-state index in [2.05, 4.69) is 20.6 Å². The number of hydrogen-bond donors (Lipinski definition) is 28. The molecule has 0 unspecified atom stereocenters. The van der Waals surface area contributed by atoms with Gasteiger partial charge in [-0.15, -0.1) is 0 Å². The number of nitrogens with two attached hydrogens (primary N) is 12. The van der Waals surface area contributed by atoms with Gasteiger partial charge in [0.2, 0.25) is 0 Å². The summed E-state index contributed by atoms with van der Waals surface area (Å²) in [6, 6.07) is 7.82. The van der Waals surface area contributed by atoms with E-state index in [1.165, 1.54) is 18.5 Å². The van der Waals surface area contributed by atoms with Gasteiger partial charge < -0.3 is 146 Å². The second-order valence-corrected chi connectivity index (χ2v) is 26.2. The van der Waals surface area contributed by atoms with Gasteiger partial charge >= 0.3 is 65.7 Å². The van der Waals surface area contributed by atoms with Crippen LogP contribution in [-0.4, -0.2) is 241 Å². The van der Waals surface area contributed by atoms with E-state index in [0.29, 0.717) is 63.2 Å². The molecule has 4 rings (SSSR count). The molecule has 0 bridgehead atoms. The zero-order chi connectivity index (χ0) is 86.9. The normalized spacial score (nSPS) is 14.6. The fourth-order valence-corrected chi connectivity index (χ4v) is 7.59. The second kappa shape index (κ2) is 70.2. The molecule has 1 saturated heterocycles. The molecule has 0 radical (unpaired) electrons. The maximum atomic E-state index is 10.4. The first-order valence-electron chi connectivity index (χ1n) is 34.8. The van der Waals surface area contributed by atoms with E-state index in [0.717, 1.165) is 61.9 Å². The number of benzene rings is 2. The van der Waals surface area contributed by atoms with Crippen molar-refractivity contribution in [3.05, 3.63) is 83.9 Å². The van der Waals surface area contributed by atoms with Gasteiger partial charge in [0, 0.05) is 19.2 Å². The van der Waals surface area contributed by atoms with Crippen molar-refractivity contribution in [2.24, 2.45) is 92.5 Å². The Morgan fingerprint density at radius 2 is 0.918 bits per heavy atom. The SMILES string of the molecule is CC(C)C[C@H](N)C(=O)O.CC(C)[C@H](N)C(=O)O.CC[C@H](C)[C@H](N)C(=O)O.CC[C@H](C)[C@H](N)C(=O)O.CSCC[C@H](N)C(=O)O.N=C(N)NCCC[C@H](N)C(=O)O.NCCCC[C@H](N)C(=O)O.N[C@@H](Cc1c[nH]cn1)C(=O)O.N[C@@H](Cc1ccc(O)cc1)C(=O)O.N[C@@H](Cc1ccccc1)C(=O)O.O=C(O)[C@@H]1CCCN1. The van der Waals surface area contributed by atoms with Crippen molar-refractivity contribution < 1.29 is 114 Å². The summed E-state index contributed by atoms with van der Waals surface area (Å²) in [5, 5.41) is 113. The van der Waals surface area contributed by atoms with E-state index in [1.54, 1.807) is 43.9 Å². The molecule has 3 aromatic rings. The van der Waals surface area contributed by atoms with Crippen LogP contribution in [0.3, 0.4) is 0 Å². The number of H-pyrrole nitrogens is 1. The molecule has 110 heavy (non-hydrogen) atoms. The highest BCUT2D eigenvalue weighted by Gasteiger charge is 2.22. The van der Waals surface area contributed by atoms with Gasteiger partial charge in [-0.25, -0.2) is 4.98 Å². The first kappa shape index (κ1) is 114. The summed E-state index contributed by atoms with van der Waals surface area (Å²) in [5.41, 5.74) is 65.1. The van der Waals surface area contributed by atoms with Crippen molar-refractivity contribution in [1.82, 2.24) is 20.6 Å². The quantitative estimate of drug-likeness (QED) is 0.0208. The zero-order valence-corrected chi connectivity index (χ0v) is 65.2. The third-order valence-electron chi connectivity index (χ3n) is 14.7. The van der Waals surface area contributed by atoms with Gasteiger partial charge in [-0.05, 0) is 136 Å². The lowest BCUT2D eigenvalue weighted by Gasteiger charge is -2.11. The monoisotopic (exact) mass is 1600 g/mol. The molecule has 0 saturated carbocycles. The minimum Gasteiger partial charge on any atom is -0.508 e. The Hall–Kier alpha value is -9.24. The maximum absolute atomic E-state index is 10.4. The van der Waals surface area contributed by atoms with Crippen LogP contribution in [0.2, 0.25) is 0 Å². The number of carboxylic acids is 11. The van der Waals surface area contributed by atoms with Crippen LogP contribution in [-0.2, 0) is 72.0 Å². The van der Waals surface area contributed by atoms with Gasteiger partial charge in [0.1, 0.15) is 72.2 Å². The van der Waals surface area contributed by atoms with E-state index in [9.17, 15) is 52.7 Å². The van der Waals surface area contributed by atoms with Gasteiger partial charge in [0.05, 0.1) is 12.0 Å². The molecule has 1 aliphatic rings. The number of aromatic amines is 1. The molecule has 2 aromatic carbocycles. The van der Waals surface area contributed by atoms with Crippen molar-refractivity contribution in [1.29, 1.82) is 5.41 Å². The molecular weight excluding hydrogens is 1470 g/mol.